The van der Waals surface area contributed by atoms with E-state index in [0.29, 0.717) is 11.7 Å². The first-order valence-electron chi connectivity index (χ1n) is 12.0. The van der Waals surface area contributed by atoms with E-state index in [2.05, 4.69) is 99.2 Å². The average molecular weight is 445 g/mol. The molecule has 1 aliphatic rings. The van der Waals surface area contributed by atoms with Gasteiger partial charge in [0.05, 0.1) is 5.69 Å². The molecule has 1 amide bonds. The Kier molecular flexibility index (Phi) is 6.71. The number of aryl methyl sites for hydroxylation is 1. The molecule has 0 aliphatic carbocycles. The molecule has 0 N–H and O–H groups in total. The molecule has 1 fully saturated rings. The zero-order valence-corrected chi connectivity index (χ0v) is 20.6. The molecule has 5 heteroatoms. The van der Waals surface area contributed by atoms with Crippen molar-refractivity contribution in [2.75, 3.05) is 26.2 Å². The highest BCUT2D eigenvalue weighted by Crippen LogP contribution is 2.27. The molecule has 0 radical (unpaired) electrons. The second-order valence-electron chi connectivity index (χ2n) is 9.97. The topological polar surface area (TPSA) is 41.4 Å². The first-order chi connectivity index (χ1) is 15.8. The summed E-state index contributed by atoms with van der Waals surface area (Å²) < 4.78 is 1.94. The second kappa shape index (κ2) is 9.52. The Morgan fingerprint density at radius 3 is 2.18 bits per heavy atom. The highest BCUT2D eigenvalue weighted by atomic mass is 16.2. The lowest BCUT2D eigenvalue weighted by Crippen LogP contribution is -2.49. The van der Waals surface area contributed by atoms with Crippen LogP contribution >= 0.6 is 0 Å². The van der Waals surface area contributed by atoms with Crippen molar-refractivity contribution in [3.05, 3.63) is 77.5 Å². The first-order valence-corrected chi connectivity index (χ1v) is 12.0. The van der Waals surface area contributed by atoms with E-state index < -0.39 is 0 Å². The fourth-order valence-corrected chi connectivity index (χ4v) is 4.55. The lowest BCUT2D eigenvalue weighted by Gasteiger charge is -2.38. The number of carbonyl (C=O) groups excluding carboxylic acids is 1. The molecule has 1 aliphatic heterocycles. The molecule has 2 heterocycles. The number of aromatic nitrogens is 2. The SMILES string of the molecule is CCn1nc(C(=O)N2CCN(C(C)c3ccccc3)CC2)cc1-c1ccc(C(C)(C)C)cc1. The molecule has 174 valence electrons. The highest BCUT2D eigenvalue weighted by Gasteiger charge is 2.27. The minimum atomic E-state index is 0.0294. The third kappa shape index (κ3) is 5.03. The highest BCUT2D eigenvalue weighted by molar-refractivity contribution is 5.93. The minimum absolute atomic E-state index is 0.0294. The molecule has 1 atom stereocenters. The summed E-state index contributed by atoms with van der Waals surface area (Å²) in [5, 5.41) is 4.66. The van der Waals surface area contributed by atoms with Crippen LogP contribution in [0.3, 0.4) is 0 Å². The van der Waals surface area contributed by atoms with Crippen LogP contribution in [0.25, 0.3) is 11.3 Å². The average Bonchev–Trinajstić information content (AvgIpc) is 3.28. The van der Waals surface area contributed by atoms with Gasteiger partial charge >= 0.3 is 0 Å². The Morgan fingerprint density at radius 1 is 0.970 bits per heavy atom. The van der Waals surface area contributed by atoms with Gasteiger partial charge in [0.15, 0.2) is 5.69 Å². The summed E-state index contributed by atoms with van der Waals surface area (Å²) in [6.07, 6.45) is 0. The van der Waals surface area contributed by atoms with Gasteiger partial charge in [0, 0.05) is 38.8 Å². The summed E-state index contributed by atoms with van der Waals surface area (Å²) >= 11 is 0. The van der Waals surface area contributed by atoms with E-state index in [1.54, 1.807) is 0 Å². The van der Waals surface area contributed by atoms with Crippen LogP contribution in [0.15, 0.2) is 60.7 Å². The van der Waals surface area contributed by atoms with Crippen LogP contribution in [-0.4, -0.2) is 51.7 Å². The van der Waals surface area contributed by atoms with E-state index in [4.69, 9.17) is 0 Å². The lowest BCUT2D eigenvalue weighted by molar-refractivity contribution is 0.0576. The quantitative estimate of drug-likeness (QED) is 0.530. The Morgan fingerprint density at radius 2 is 1.61 bits per heavy atom. The Hall–Kier alpha value is -2.92. The Bertz CT molecular complexity index is 1070. The molecule has 4 rings (SSSR count). The molecule has 1 saturated heterocycles. The molecule has 1 unspecified atom stereocenters. The number of nitrogens with zero attached hydrogens (tertiary/aromatic N) is 4. The first kappa shape index (κ1) is 23.2. The molecular weight excluding hydrogens is 408 g/mol. The number of rotatable bonds is 5. The van der Waals surface area contributed by atoms with Gasteiger partial charge in [-0.15, -0.1) is 0 Å². The largest absolute Gasteiger partial charge is 0.335 e. The maximum absolute atomic E-state index is 13.3. The molecule has 3 aromatic rings. The molecule has 2 aromatic carbocycles. The Labute approximate surface area is 198 Å². The van der Waals surface area contributed by atoms with E-state index in [1.165, 1.54) is 11.1 Å². The van der Waals surface area contributed by atoms with Crippen molar-refractivity contribution in [1.29, 1.82) is 0 Å². The molecule has 33 heavy (non-hydrogen) atoms. The molecular formula is C28H36N4O. The number of carbonyl (C=O) groups is 1. The van der Waals surface area contributed by atoms with E-state index in [9.17, 15) is 4.79 Å². The number of piperazine rings is 1. The Balaban J connectivity index is 1.46. The number of hydrogen-bond donors (Lipinski definition) is 0. The summed E-state index contributed by atoms with van der Waals surface area (Å²) in [6, 6.07) is 21.5. The van der Waals surface area contributed by atoms with Crippen LogP contribution in [0.4, 0.5) is 0 Å². The number of hydrogen-bond acceptors (Lipinski definition) is 3. The third-order valence-electron chi connectivity index (χ3n) is 6.78. The van der Waals surface area contributed by atoms with E-state index in [0.717, 1.165) is 44.0 Å². The fraction of sp³-hybridized carbons (Fsp3) is 0.429. The van der Waals surface area contributed by atoms with Crippen LogP contribution in [0.1, 0.15) is 62.3 Å². The van der Waals surface area contributed by atoms with Crippen LogP contribution in [-0.2, 0) is 12.0 Å². The zero-order valence-electron chi connectivity index (χ0n) is 20.6. The summed E-state index contributed by atoms with van der Waals surface area (Å²) in [4.78, 5) is 17.7. The maximum Gasteiger partial charge on any atom is 0.274 e. The van der Waals surface area contributed by atoms with Gasteiger partial charge < -0.3 is 4.90 Å². The predicted molar refractivity (Wildman–Crippen MR) is 134 cm³/mol. The number of benzene rings is 2. The van der Waals surface area contributed by atoms with Gasteiger partial charge in [-0.2, -0.15) is 5.10 Å². The van der Waals surface area contributed by atoms with Crippen LogP contribution in [0.5, 0.6) is 0 Å². The van der Waals surface area contributed by atoms with E-state index in [1.807, 2.05) is 15.6 Å². The monoisotopic (exact) mass is 444 g/mol. The third-order valence-corrected chi connectivity index (χ3v) is 6.78. The van der Waals surface area contributed by atoms with Gasteiger partial charge in [-0.05, 0) is 42.0 Å². The minimum Gasteiger partial charge on any atom is -0.335 e. The van der Waals surface area contributed by atoms with Gasteiger partial charge in [-0.3, -0.25) is 14.4 Å². The van der Waals surface area contributed by atoms with Crippen molar-refractivity contribution in [3.8, 4) is 11.3 Å². The van der Waals surface area contributed by atoms with Gasteiger partial charge in [0.2, 0.25) is 0 Å². The summed E-state index contributed by atoms with van der Waals surface area (Å²) in [6.45, 7) is 14.9. The fourth-order valence-electron chi connectivity index (χ4n) is 4.55. The van der Waals surface area contributed by atoms with Crippen LogP contribution < -0.4 is 0 Å². The van der Waals surface area contributed by atoms with Gasteiger partial charge in [-0.1, -0.05) is 75.4 Å². The van der Waals surface area contributed by atoms with E-state index >= 15 is 0 Å². The van der Waals surface area contributed by atoms with Crippen molar-refractivity contribution < 1.29 is 4.79 Å². The smallest absolute Gasteiger partial charge is 0.274 e. The molecule has 1 aromatic heterocycles. The zero-order chi connectivity index (χ0) is 23.6. The van der Waals surface area contributed by atoms with Crippen molar-refractivity contribution in [3.63, 3.8) is 0 Å². The summed E-state index contributed by atoms with van der Waals surface area (Å²) in [5.41, 5.74) is 5.37. The van der Waals surface area contributed by atoms with Crippen molar-refractivity contribution in [2.45, 2.75) is 52.6 Å². The van der Waals surface area contributed by atoms with Crippen molar-refractivity contribution in [2.24, 2.45) is 0 Å². The van der Waals surface area contributed by atoms with Gasteiger partial charge in [0.25, 0.3) is 5.91 Å². The van der Waals surface area contributed by atoms with Crippen LogP contribution in [0.2, 0.25) is 0 Å². The van der Waals surface area contributed by atoms with Crippen molar-refractivity contribution in [1.82, 2.24) is 19.6 Å². The molecule has 5 nitrogen and oxygen atoms in total. The van der Waals surface area contributed by atoms with Crippen LogP contribution in [0, 0.1) is 0 Å². The summed E-state index contributed by atoms with van der Waals surface area (Å²) in [5.74, 6) is 0.0294. The normalized spacial score (nSPS) is 16.1. The second-order valence-corrected chi connectivity index (χ2v) is 9.97. The molecule has 0 spiro atoms. The van der Waals surface area contributed by atoms with Gasteiger partial charge in [-0.25, -0.2) is 0 Å². The maximum atomic E-state index is 13.3. The van der Waals surface area contributed by atoms with Crippen molar-refractivity contribution >= 4 is 5.91 Å². The number of amides is 1. The van der Waals surface area contributed by atoms with E-state index in [-0.39, 0.29) is 11.3 Å². The molecule has 0 saturated carbocycles. The standard InChI is InChI=1S/C28H36N4O/c1-6-32-26(23-12-14-24(15-13-23)28(3,4)5)20-25(29-32)27(33)31-18-16-30(17-19-31)21(2)22-10-8-7-9-11-22/h7-15,20-21H,6,16-19H2,1-5H3. The van der Waals surface area contributed by atoms with Gasteiger partial charge in [0.1, 0.15) is 0 Å². The lowest BCUT2D eigenvalue weighted by atomic mass is 9.86. The predicted octanol–water partition coefficient (Wildman–Crippen LogP) is 5.39. The molecule has 0 bridgehead atoms. The summed E-state index contributed by atoms with van der Waals surface area (Å²) in [7, 11) is 0.